The molecule has 2 amide bonds. The SMILES string of the molecule is O=NC(CC(CCN1C(=O)c2ccccc2C1=O)C(=O)O)c1ccc2c3c(oc2c1)CCC3. The average Bonchev–Trinajstić information content (AvgIpc) is 3.47. The topological polar surface area (TPSA) is 117 Å². The normalized spacial score (nSPS) is 16.7. The van der Waals surface area contributed by atoms with Gasteiger partial charge in [-0.25, -0.2) is 0 Å². The molecule has 1 N–H and O–H groups in total. The van der Waals surface area contributed by atoms with Crippen LogP contribution in [-0.2, 0) is 17.6 Å². The molecule has 1 aliphatic carbocycles. The number of hydrogen-bond donors (Lipinski definition) is 1. The Morgan fingerprint density at radius 2 is 1.82 bits per heavy atom. The molecule has 33 heavy (non-hydrogen) atoms. The predicted molar refractivity (Wildman–Crippen MR) is 119 cm³/mol. The number of nitrogens with zero attached hydrogens (tertiary/aromatic N) is 2. The Labute approximate surface area is 189 Å². The quantitative estimate of drug-likeness (QED) is 0.402. The largest absolute Gasteiger partial charge is 0.481 e. The lowest BCUT2D eigenvalue weighted by molar-refractivity contribution is -0.142. The van der Waals surface area contributed by atoms with Gasteiger partial charge >= 0.3 is 5.97 Å². The fraction of sp³-hybridized carbons (Fsp3) is 0.320. The van der Waals surface area contributed by atoms with Crippen molar-refractivity contribution < 1.29 is 23.9 Å². The second-order valence-electron chi connectivity index (χ2n) is 8.60. The first-order chi connectivity index (χ1) is 16.0. The molecule has 2 heterocycles. The van der Waals surface area contributed by atoms with Gasteiger partial charge in [0.15, 0.2) is 0 Å². The van der Waals surface area contributed by atoms with Crippen LogP contribution in [0.1, 0.15) is 62.9 Å². The molecule has 0 saturated carbocycles. The molecule has 5 rings (SSSR count). The van der Waals surface area contributed by atoms with Gasteiger partial charge in [-0.2, -0.15) is 4.91 Å². The lowest BCUT2D eigenvalue weighted by atomic mass is 9.92. The molecule has 0 radical (unpaired) electrons. The van der Waals surface area contributed by atoms with E-state index < -0.39 is 29.7 Å². The van der Waals surface area contributed by atoms with Crippen LogP contribution in [0.3, 0.4) is 0 Å². The predicted octanol–water partition coefficient (Wildman–Crippen LogP) is 4.51. The van der Waals surface area contributed by atoms with Crippen LogP contribution in [-0.4, -0.2) is 34.3 Å². The van der Waals surface area contributed by atoms with Gasteiger partial charge in [0, 0.05) is 23.9 Å². The van der Waals surface area contributed by atoms with E-state index >= 15 is 0 Å². The zero-order valence-corrected chi connectivity index (χ0v) is 17.8. The first-order valence-corrected chi connectivity index (χ1v) is 11.0. The van der Waals surface area contributed by atoms with Crippen molar-refractivity contribution in [3.63, 3.8) is 0 Å². The molecule has 0 saturated heterocycles. The van der Waals surface area contributed by atoms with E-state index in [2.05, 4.69) is 5.18 Å². The van der Waals surface area contributed by atoms with Gasteiger partial charge in [-0.1, -0.05) is 29.4 Å². The number of carboxylic acid groups (broad SMARTS) is 1. The van der Waals surface area contributed by atoms with Crippen molar-refractivity contribution in [2.75, 3.05) is 6.54 Å². The number of hydrogen-bond acceptors (Lipinski definition) is 6. The Balaban J connectivity index is 1.31. The standard InChI is InChI=1S/C25H22N2O6/c28-23-18-4-1-2-5-19(18)24(29)27(23)11-10-15(25(30)31)12-20(26-32)14-8-9-17-16-6-3-7-21(16)33-22(17)13-14/h1-2,4-5,8-9,13,15,20H,3,6-7,10-12H2,(H,30,31). The van der Waals surface area contributed by atoms with Crippen LogP contribution in [0, 0.1) is 10.8 Å². The van der Waals surface area contributed by atoms with E-state index in [-0.39, 0.29) is 19.4 Å². The zero-order chi connectivity index (χ0) is 23.1. The first-order valence-electron chi connectivity index (χ1n) is 11.0. The summed E-state index contributed by atoms with van der Waals surface area (Å²) in [6.45, 7) is -0.0428. The van der Waals surface area contributed by atoms with Crippen LogP contribution in [0.2, 0.25) is 0 Å². The highest BCUT2D eigenvalue weighted by Gasteiger charge is 2.36. The number of imide groups is 1. The molecule has 0 spiro atoms. The Morgan fingerprint density at radius 3 is 2.48 bits per heavy atom. The summed E-state index contributed by atoms with van der Waals surface area (Å²) in [4.78, 5) is 49.8. The Kier molecular flexibility index (Phi) is 5.28. The number of nitroso groups, excluding NO2 is 1. The molecule has 1 aliphatic heterocycles. The minimum Gasteiger partial charge on any atom is -0.481 e. The van der Waals surface area contributed by atoms with Crippen LogP contribution in [0.25, 0.3) is 11.0 Å². The number of carbonyl (C=O) groups is 3. The molecular weight excluding hydrogens is 424 g/mol. The smallest absolute Gasteiger partial charge is 0.306 e. The van der Waals surface area contributed by atoms with Crippen LogP contribution < -0.4 is 0 Å². The number of aryl methyl sites for hydroxylation is 2. The van der Waals surface area contributed by atoms with Gasteiger partial charge in [0.25, 0.3) is 11.8 Å². The number of furan rings is 1. The number of benzene rings is 2. The Hall–Kier alpha value is -3.81. The summed E-state index contributed by atoms with van der Waals surface area (Å²) in [5.74, 6) is -1.93. The summed E-state index contributed by atoms with van der Waals surface area (Å²) in [5.41, 5.74) is 3.12. The van der Waals surface area contributed by atoms with E-state index in [4.69, 9.17) is 4.42 Å². The van der Waals surface area contributed by atoms with E-state index in [9.17, 15) is 24.4 Å². The van der Waals surface area contributed by atoms with Crippen LogP contribution in [0.4, 0.5) is 0 Å². The van der Waals surface area contributed by atoms with Crippen molar-refractivity contribution in [2.24, 2.45) is 11.1 Å². The molecule has 0 bridgehead atoms. The highest BCUT2D eigenvalue weighted by atomic mass is 16.4. The first kappa shape index (κ1) is 21.1. The molecule has 2 unspecified atom stereocenters. The number of carbonyl (C=O) groups excluding carboxylic acids is 2. The lowest BCUT2D eigenvalue weighted by Gasteiger charge is -2.19. The second-order valence-corrected chi connectivity index (χ2v) is 8.60. The summed E-state index contributed by atoms with van der Waals surface area (Å²) in [6.07, 6.45) is 2.93. The number of rotatable bonds is 8. The summed E-state index contributed by atoms with van der Waals surface area (Å²) in [7, 11) is 0. The fourth-order valence-electron chi connectivity index (χ4n) is 4.90. The van der Waals surface area contributed by atoms with E-state index in [1.54, 1.807) is 36.4 Å². The molecular formula is C25H22N2O6. The monoisotopic (exact) mass is 446 g/mol. The molecule has 8 heteroatoms. The second kappa shape index (κ2) is 8.27. The minimum atomic E-state index is -1.10. The maximum absolute atomic E-state index is 12.6. The van der Waals surface area contributed by atoms with Crippen molar-refractivity contribution in [3.05, 3.63) is 75.4 Å². The van der Waals surface area contributed by atoms with Crippen LogP contribution >= 0.6 is 0 Å². The van der Waals surface area contributed by atoms with Crippen LogP contribution in [0.15, 0.2) is 52.1 Å². The van der Waals surface area contributed by atoms with Gasteiger partial charge in [0.2, 0.25) is 0 Å². The molecule has 8 nitrogen and oxygen atoms in total. The van der Waals surface area contributed by atoms with Crippen LogP contribution in [0.5, 0.6) is 0 Å². The third-order valence-corrected chi connectivity index (χ3v) is 6.68. The molecule has 1 aromatic heterocycles. The van der Waals surface area contributed by atoms with E-state index in [1.807, 2.05) is 6.07 Å². The highest BCUT2D eigenvalue weighted by molar-refractivity contribution is 6.21. The van der Waals surface area contributed by atoms with E-state index in [0.29, 0.717) is 22.3 Å². The number of amides is 2. The van der Waals surface area contributed by atoms with Crippen molar-refractivity contribution in [1.82, 2.24) is 4.90 Å². The molecule has 2 aliphatic rings. The Bertz CT molecular complexity index is 1260. The molecule has 2 aromatic carbocycles. The lowest BCUT2D eigenvalue weighted by Crippen LogP contribution is -2.33. The van der Waals surface area contributed by atoms with Crippen molar-refractivity contribution in [1.29, 1.82) is 0 Å². The Morgan fingerprint density at radius 1 is 1.09 bits per heavy atom. The molecule has 2 atom stereocenters. The molecule has 168 valence electrons. The summed E-state index contributed by atoms with van der Waals surface area (Å²) < 4.78 is 5.93. The van der Waals surface area contributed by atoms with Crippen molar-refractivity contribution in [3.8, 4) is 0 Å². The van der Waals surface area contributed by atoms with E-state index in [1.165, 1.54) is 5.56 Å². The van der Waals surface area contributed by atoms with Gasteiger partial charge in [-0.15, -0.1) is 0 Å². The van der Waals surface area contributed by atoms with Gasteiger partial charge in [0.1, 0.15) is 17.4 Å². The third kappa shape index (κ3) is 3.61. The van der Waals surface area contributed by atoms with Gasteiger partial charge in [0.05, 0.1) is 17.0 Å². The highest BCUT2D eigenvalue weighted by Crippen LogP contribution is 2.36. The summed E-state index contributed by atoms with van der Waals surface area (Å²) >= 11 is 0. The van der Waals surface area contributed by atoms with E-state index in [0.717, 1.165) is 35.3 Å². The van der Waals surface area contributed by atoms with Crippen molar-refractivity contribution in [2.45, 2.75) is 38.1 Å². The van der Waals surface area contributed by atoms with Crippen molar-refractivity contribution >= 4 is 28.8 Å². The molecule has 0 fully saturated rings. The average molecular weight is 446 g/mol. The number of carboxylic acids is 1. The maximum Gasteiger partial charge on any atom is 0.306 e. The van der Waals surface area contributed by atoms with Gasteiger partial charge < -0.3 is 9.52 Å². The fourth-order valence-corrected chi connectivity index (χ4v) is 4.90. The summed E-state index contributed by atoms with van der Waals surface area (Å²) in [5, 5.41) is 14.0. The van der Waals surface area contributed by atoms with Gasteiger partial charge in [-0.05, 0) is 49.4 Å². The van der Waals surface area contributed by atoms with Gasteiger partial charge in [-0.3, -0.25) is 19.3 Å². The number of fused-ring (bicyclic) bond motifs is 4. The number of aliphatic carboxylic acids is 1. The maximum atomic E-state index is 12.6. The summed E-state index contributed by atoms with van der Waals surface area (Å²) in [6, 6.07) is 11.1. The minimum absolute atomic E-state index is 0.0319. The third-order valence-electron chi connectivity index (χ3n) is 6.68. The zero-order valence-electron chi connectivity index (χ0n) is 17.8. The molecule has 3 aromatic rings.